The Morgan fingerprint density at radius 2 is 1.89 bits per heavy atom. The molecule has 0 spiro atoms. The Morgan fingerprint density at radius 1 is 1.16 bits per heavy atom. The van der Waals surface area contributed by atoms with Gasteiger partial charge in [-0.2, -0.15) is 0 Å². The number of methoxy groups -OCH3 is 1. The largest absolute Gasteiger partial charge is 0.383 e. The summed E-state index contributed by atoms with van der Waals surface area (Å²) in [5.74, 6) is 0. The summed E-state index contributed by atoms with van der Waals surface area (Å²) in [4.78, 5) is 7.79. The predicted octanol–water partition coefficient (Wildman–Crippen LogP) is 1.15. The van der Waals surface area contributed by atoms with Crippen LogP contribution < -0.4 is 0 Å². The summed E-state index contributed by atoms with van der Waals surface area (Å²) < 4.78 is 6.65. The molecule has 0 N–H and O–H groups in total. The third kappa shape index (κ3) is 4.52. The SMILES string of the molecule is COCC1CN(C2CCN(C)CC2)CCN1CCI. The molecule has 0 amide bonds. The fourth-order valence-corrected chi connectivity index (χ4v) is 3.98. The topological polar surface area (TPSA) is 19.0 Å². The van der Waals surface area contributed by atoms with Gasteiger partial charge in [-0.25, -0.2) is 0 Å². The van der Waals surface area contributed by atoms with Crippen molar-refractivity contribution in [2.24, 2.45) is 0 Å². The average Bonchev–Trinajstić information content (AvgIpc) is 2.42. The molecule has 2 saturated heterocycles. The van der Waals surface area contributed by atoms with Crippen LogP contribution in [0.4, 0.5) is 0 Å². The highest BCUT2D eigenvalue weighted by atomic mass is 127. The van der Waals surface area contributed by atoms with Crippen molar-refractivity contribution < 1.29 is 4.74 Å². The van der Waals surface area contributed by atoms with Crippen molar-refractivity contribution in [1.82, 2.24) is 14.7 Å². The second-order valence-corrected chi connectivity index (χ2v) is 6.94. The van der Waals surface area contributed by atoms with Crippen molar-refractivity contribution in [1.29, 1.82) is 0 Å². The first kappa shape index (κ1) is 15.9. The van der Waals surface area contributed by atoms with Gasteiger partial charge in [0.25, 0.3) is 0 Å². The van der Waals surface area contributed by atoms with E-state index in [-0.39, 0.29) is 0 Å². The first-order valence-electron chi connectivity index (χ1n) is 7.46. The van der Waals surface area contributed by atoms with E-state index in [2.05, 4.69) is 44.3 Å². The third-order valence-electron chi connectivity index (χ3n) is 4.57. The Balaban J connectivity index is 1.86. The van der Waals surface area contributed by atoms with E-state index in [9.17, 15) is 0 Å². The summed E-state index contributed by atoms with van der Waals surface area (Å²) in [7, 11) is 4.07. The molecule has 0 aromatic heterocycles. The summed E-state index contributed by atoms with van der Waals surface area (Å²) in [6, 6.07) is 1.39. The minimum atomic E-state index is 0.591. The summed E-state index contributed by atoms with van der Waals surface area (Å²) in [5, 5.41) is 0. The molecule has 4 nitrogen and oxygen atoms in total. The predicted molar refractivity (Wildman–Crippen MR) is 88.2 cm³/mol. The molecule has 0 bridgehead atoms. The van der Waals surface area contributed by atoms with Crippen molar-refractivity contribution in [3.63, 3.8) is 0 Å². The zero-order valence-electron chi connectivity index (χ0n) is 12.4. The number of likely N-dealkylation sites (tertiary alicyclic amines) is 1. The molecule has 112 valence electrons. The van der Waals surface area contributed by atoms with E-state index in [0.29, 0.717) is 6.04 Å². The number of piperidine rings is 1. The van der Waals surface area contributed by atoms with Crippen LogP contribution in [0.2, 0.25) is 0 Å². The van der Waals surface area contributed by atoms with Gasteiger partial charge in [-0.05, 0) is 33.0 Å². The number of hydrogen-bond acceptors (Lipinski definition) is 4. The number of rotatable bonds is 5. The zero-order valence-corrected chi connectivity index (χ0v) is 14.5. The standard InChI is InChI=1S/C14H28IN3O/c1-16-6-3-13(4-7-16)18-10-9-17(8-5-15)14(11-18)12-19-2/h13-14H,3-12H2,1-2H3. The molecule has 0 saturated carbocycles. The van der Waals surface area contributed by atoms with E-state index in [0.717, 1.165) is 12.6 Å². The normalized spacial score (nSPS) is 28.9. The number of alkyl halides is 1. The molecule has 19 heavy (non-hydrogen) atoms. The van der Waals surface area contributed by atoms with E-state index in [1.54, 1.807) is 0 Å². The van der Waals surface area contributed by atoms with Gasteiger partial charge in [0.2, 0.25) is 0 Å². The zero-order chi connectivity index (χ0) is 13.7. The van der Waals surface area contributed by atoms with Gasteiger partial charge in [0, 0.05) is 49.8 Å². The summed E-state index contributed by atoms with van der Waals surface area (Å²) in [6.07, 6.45) is 2.67. The minimum Gasteiger partial charge on any atom is -0.383 e. The van der Waals surface area contributed by atoms with Crippen LogP contribution in [0, 0.1) is 0 Å². The van der Waals surface area contributed by atoms with Gasteiger partial charge in [0.15, 0.2) is 0 Å². The van der Waals surface area contributed by atoms with Gasteiger partial charge in [-0.1, -0.05) is 22.6 Å². The Bertz CT molecular complexity index is 259. The Labute approximate surface area is 131 Å². The lowest BCUT2D eigenvalue weighted by Crippen LogP contribution is -2.58. The van der Waals surface area contributed by atoms with E-state index >= 15 is 0 Å². The molecule has 1 atom stereocenters. The molecule has 1 unspecified atom stereocenters. The lowest BCUT2D eigenvalue weighted by molar-refractivity contribution is 0.000749. The highest BCUT2D eigenvalue weighted by molar-refractivity contribution is 14.1. The number of hydrogen-bond donors (Lipinski definition) is 0. The monoisotopic (exact) mass is 381 g/mol. The molecule has 2 fully saturated rings. The Kier molecular flexibility index (Phi) is 6.82. The highest BCUT2D eigenvalue weighted by Crippen LogP contribution is 2.20. The highest BCUT2D eigenvalue weighted by Gasteiger charge is 2.31. The second-order valence-electron chi connectivity index (χ2n) is 5.86. The Hall–Kier alpha value is 0.570. The van der Waals surface area contributed by atoms with Gasteiger partial charge >= 0.3 is 0 Å². The maximum Gasteiger partial charge on any atom is 0.0630 e. The minimum absolute atomic E-state index is 0.591. The van der Waals surface area contributed by atoms with Gasteiger partial charge < -0.3 is 9.64 Å². The molecule has 2 rings (SSSR count). The van der Waals surface area contributed by atoms with Crippen molar-refractivity contribution in [2.45, 2.75) is 24.9 Å². The van der Waals surface area contributed by atoms with Crippen molar-refractivity contribution in [3.05, 3.63) is 0 Å². The van der Waals surface area contributed by atoms with E-state index in [1.807, 2.05) is 7.11 Å². The molecule has 0 aliphatic carbocycles. The molecule has 0 aromatic rings. The van der Waals surface area contributed by atoms with Crippen LogP contribution in [0.5, 0.6) is 0 Å². The maximum atomic E-state index is 5.43. The number of halogens is 1. The van der Waals surface area contributed by atoms with Crippen LogP contribution in [0.15, 0.2) is 0 Å². The van der Waals surface area contributed by atoms with Gasteiger partial charge in [-0.15, -0.1) is 0 Å². The van der Waals surface area contributed by atoms with Crippen molar-refractivity contribution in [2.75, 3.05) is 64.5 Å². The number of nitrogens with zero attached hydrogens (tertiary/aromatic N) is 3. The van der Waals surface area contributed by atoms with Gasteiger partial charge in [-0.3, -0.25) is 9.80 Å². The van der Waals surface area contributed by atoms with E-state index < -0.39 is 0 Å². The lowest BCUT2D eigenvalue weighted by Gasteiger charge is -2.46. The van der Waals surface area contributed by atoms with E-state index in [1.165, 1.54) is 56.5 Å². The molecule has 2 aliphatic heterocycles. The van der Waals surface area contributed by atoms with Gasteiger partial charge in [0.1, 0.15) is 0 Å². The molecule has 5 heteroatoms. The maximum absolute atomic E-state index is 5.43. The third-order valence-corrected chi connectivity index (χ3v) is 5.05. The molecule has 2 aliphatic rings. The molecular formula is C14H28IN3O. The fourth-order valence-electron chi connectivity index (χ4n) is 3.36. The van der Waals surface area contributed by atoms with Crippen molar-refractivity contribution >= 4 is 22.6 Å². The number of ether oxygens (including phenoxy) is 1. The molecule has 0 radical (unpaired) electrons. The average molecular weight is 381 g/mol. The number of piperazine rings is 1. The van der Waals surface area contributed by atoms with Crippen LogP contribution in [0.25, 0.3) is 0 Å². The quantitative estimate of drug-likeness (QED) is 0.525. The first-order chi connectivity index (χ1) is 9.24. The molecular weight excluding hydrogens is 353 g/mol. The summed E-state index contributed by atoms with van der Waals surface area (Å²) in [6.45, 7) is 8.24. The lowest BCUT2D eigenvalue weighted by atomic mass is 10.0. The fraction of sp³-hybridized carbons (Fsp3) is 1.00. The van der Waals surface area contributed by atoms with Crippen LogP contribution in [-0.4, -0.2) is 91.2 Å². The molecule has 0 aromatic carbocycles. The van der Waals surface area contributed by atoms with Gasteiger partial charge in [0.05, 0.1) is 6.61 Å². The Morgan fingerprint density at radius 3 is 2.53 bits per heavy atom. The van der Waals surface area contributed by atoms with Crippen LogP contribution in [-0.2, 0) is 4.74 Å². The smallest absolute Gasteiger partial charge is 0.0630 e. The molecule has 2 heterocycles. The first-order valence-corrected chi connectivity index (χ1v) is 8.98. The summed E-state index contributed by atoms with van der Waals surface area (Å²) in [5.41, 5.74) is 0. The summed E-state index contributed by atoms with van der Waals surface area (Å²) >= 11 is 2.48. The van der Waals surface area contributed by atoms with Crippen LogP contribution >= 0.6 is 22.6 Å². The second kappa shape index (κ2) is 8.12. The van der Waals surface area contributed by atoms with E-state index in [4.69, 9.17) is 4.74 Å². The van der Waals surface area contributed by atoms with Crippen LogP contribution in [0.1, 0.15) is 12.8 Å². The van der Waals surface area contributed by atoms with Crippen molar-refractivity contribution in [3.8, 4) is 0 Å². The van der Waals surface area contributed by atoms with Crippen LogP contribution in [0.3, 0.4) is 0 Å².